The average molecular weight is 316 g/mol. The number of hydrogen-bond donors (Lipinski definition) is 0. The van der Waals surface area contributed by atoms with Crippen molar-refractivity contribution >= 4 is 11.3 Å². The van der Waals surface area contributed by atoms with Crippen LogP contribution in [-0.2, 0) is 0 Å². The number of benzene rings is 2. The summed E-state index contributed by atoms with van der Waals surface area (Å²) in [5.41, 5.74) is 2.55. The van der Waals surface area contributed by atoms with Crippen molar-refractivity contribution in [3.05, 3.63) is 70.6 Å². The first-order valence-electron chi connectivity index (χ1n) is 6.67. The first-order chi connectivity index (χ1) is 10.0. The van der Waals surface area contributed by atoms with Crippen LogP contribution in [0.1, 0.15) is 17.9 Å². The second-order valence-electron chi connectivity index (χ2n) is 5.09. The van der Waals surface area contributed by atoms with Crippen LogP contribution in [0, 0.1) is 25.5 Å². The van der Waals surface area contributed by atoms with Crippen molar-refractivity contribution in [1.82, 2.24) is 0 Å². The molecular formula is C19H18F2S. The first kappa shape index (κ1) is 16.4. The van der Waals surface area contributed by atoms with Gasteiger partial charge >= 0.3 is 0 Å². The lowest BCUT2D eigenvalue weighted by Gasteiger charge is -2.07. The molecule has 0 fully saturated rings. The van der Waals surface area contributed by atoms with Crippen molar-refractivity contribution in [1.29, 1.82) is 0 Å². The van der Waals surface area contributed by atoms with E-state index >= 15 is 0 Å². The summed E-state index contributed by atoms with van der Waals surface area (Å²) in [6.45, 7) is 3.90. The van der Waals surface area contributed by atoms with Crippen LogP contribution in [0.3, 0.4) is 0 Å². The summed E-state index contributed by atoms with van der Waals surface area (Å²) in [5, 5.41) is 0. The molecule has 22 heavy (non-hydrogen) atoms. The zero-order valence-corrected chi connectivity index (χ0v) is 12.6. The number of rotatable bonds is 2. The fourth-order valence-electron chi connectivity index (χ4n) is 2.29. The molecule has 3 heteroatoms. The Labute approximate surface area is 134 Å². The van der Waals surface area contributed by atoms with Gasteiger partial charge in [0, 0.05) is 9.75 Å². The van der Waals surface area contributed by atoms with Gasteiger partial charge in [0.05, 0.1) is 5.56 Å². The third-order valence-electron chi connectivity index (χ3n) is 3.41. The Hall–Kier alpha value is -2.00. The molecule has 2 aromatic carbocycles. The van der Waals surface area contributed by atoms with Crippen molar-refractivity contribution in [3.63, 3.8) is 0 Å². The third kappa shape index (κ3) is 3.09. The minimum Gasteiger partial charge on any atom is -0.206 e. The van der Waals surface area contributed by atoms with Crippen LogP contribution in [0.5, 0.6) is 0 Å². The molecule has 0 aliphatic rings. The Balaban J connectivity index is 0.00000176. The second kappa shape index (κ2) is 6.41. The molecule has 0 aliphatic heterocycles. The van der Waals surface area contributed by atoms with Crippen molar-refractivity contribution < 1.29 is 8.78 Å². The van der Waals surface area contributed by atoms with E-state index in [4.69, 9.17) is 0 Å². The number of thiophene rings is 1. The van der Waals surface area contributed by atoms with Gasteiger partial charge in [-0.05, 0) is 49.2 Å². The van der Waals surface area contributed by atoms with Gasteiger partial charge in [-0.3, -0.25) is 0 Å². The zero-order chi connectivity index (χ0) is 15.0. The van der Waals surface area contributed by atoms with Gasteiger partial charge in [0.15, 0.2) is 0 Å². The van der Waals surface area contributed by atoms with E-state index in [0.717, 1.165) is 16.0 Å². The molecule has 0 amide bonds. The van der Waals surface area contributed by atoms with Crippen LogP contribution in [0.15, 0.2) is 48.5 Å². The van der Waals surface area contributed by atoms with Crippen molar-refractivity contribution in [2.75, 3.05) is 0 Å². The Bertz CT molecular complexity index is 762. The van der Waals surface area contributed by atoms with E-state index < -0.39 is 11.6 Å². The molecule has 0 unspecified atom stereocenters. The lowest BCUT2D eigenvalue weighted by atomic mass is 10.0. The third-order valence-corrected chi connectivity index (χ3v) is 4.43. The number of aryl methyl sites for hydroxylation is 2. The summed E-state index contributed by atoms with van der Waals surface area (Å²) in [4.78, 5) is 1.66. The summed E-state index contributed by atoms with van der Waals surface area (Å²) in [5.74, 6) is -1.04. The molecule has 0 nitrogen and oxygen atoms in total. The first-order valence-corrected chi connectivity index (χ1v) is 7.49. The zero-order valence-electron chi connectivity index (χ0n) is 11.8. The van der Waals surface area contributed by atoms with Crippen LogP contribution in [-0.4, -0.2) is 0 Å². The van der Waals surface area contributed by atoms with Gasteiger partial charge in [0.25, 0.3) is 0 Å². The summed E-state index contributed by atoms with van der Waals surface area (Å²) < 4.78 is 28.7. The second-order valence-corrected chi connectivity index (χ2v) is 6.38. The molecule has 0 spiro atoms. The fourth-order valence-corrected chi connectivity index (χ4v) is 3.21. The van der Waals surface area contributed by atoms with Gasteiger partial charge in [-0.25, -0.2) is 8.78 Å². The monoisotopic (exact) mass is 316 g/mol. The van der Waals surface area contributed by atoms with Crippen LogP contribution < -0.4 is 0 Å². The molecule has 114 valence electrons. The molecule has 0 aliphatic carbocycles. The van der Waals surface area contributed by atoms with Gasteiger partial charge < -0.3 is 0 Å². The molecule has 3 rings (SSSR count). The normalized spacial score (nSPS) is 10.4. The van der Waals surface area contributed by atoms with E-state index in [0.29, 0.717) is 10.4 Å². The standard InChI is InChI=1S/C18H14F2S.CH4/c1-11-3-6-13(7-4-11)14-9-15(19)18(16(20)10-14)17-8-5-12(2)21-17;/h3-10H,1-2H3;1H4. The lowest BCUT2D eigenvalue weighted by molar-refractivity contribution is 0.591. The van der Waals surface area contributed by atoms with Gasteiger partial charge in [-0.1, -0.05) is 37.3 Å². The van der Waals surface area contributed by atoms with Gasteiger partial charge in [-0.2, -0.15) is 0 Å². The summed E-state index contributed by atoms with van der Waals surface area (Å²) >= 11 is 1.39. The molecular weight excluding hydrogens is 298 g/mol. The van der Waals surface area contributed by atoms with Gasteiger partial charge in [0.2, 0.25) is 0 Å². The summed E-state index contributed by atoms with van der Waals surface area (Å²) in [6, 6.07) is 14.0. The molecule has 1 heterocycles. The van der Waals surface area contributed by atoms with Gasteiger partial charge in [-0.15, -0.1) is 11.3 Å². The summed E-state index contributed by atoms with van der Waals surface area (Å²) in [6.07, 6.45) is 0. The van der Waals surface area contributed by atoms with Crippen LogP contribution in [0.2, 0.25) is 0 Å². The van der Waals surface area contributed by atoms with E-state index in [1.165, 1.54) is 23.5 Å². The molecule has 1 aromatic heterocycles. The SMILES string of the molecule is C.Cc1ccc(-c2cc(F)c(-c3ccc(C)s3)c(F)c2)cc1. The lowest BCUT2D eigenvalue weighted by Crippen LogP contribution is -1.90. The maximum Gasteiger partial charge on any atom is 0.135 e. The Morgan fingerprint density at radius 3 is 1.86 bits per heavy atom. The quantitative estimate of drug-likeness (QED) is 0.499. The minimum absolute atomic E-state index is 0. The van der Waals surface area contributed by atoms with E-state index in [1.807, 2.05) is 44.2 Å². The highest BCUT2D eigenvalue weighted by Gasteiger charge is 2.15. The maximum atomic E-state index is 14.3. The van der Waals surface area contributed by atoms with Crippen LogP contribution in [0.4, 0.5) is 8.78 Å². The highest BCUT2D eigenvalue weighted by molar-refractivity contribution is 7.15. The molecule has 0 saturated heterocycles. The van der Waals surface area contributed by atoms with E-state index in [1.54, 1.807) is 6.07 Å². The summed E-state index contributed by atoms with van der Waals surface area (Å²) in [7, 11) is 0. The minimum atomic E-state index is -0.521. The maximum absolute atomic E-state index is 14.3. The van der Waals surface area contributed by atoms with E-state index in [9.17, 15) is 8.78 Å². The topological polar surface area (TPSA) is 0 Å². The van der Waals surface area contributed by atoms with Crippen molar-refractivity contribution in [2.45, 2.75) is 21.3 Å². The van der Waals surface area contributed by atoms with Crippen LogP contribution in [0.25, 0.3) is 21.6 Å². The van der Waals surface area contributed by atoms with Gasteiger partial charge in [0.1, 0.15) is 11.6 Å². The molecule has 3 aromatic rings. The Morgan fingerprint density at radius 1 is 0.773 bits per heavy atom. The molecule has 0 radical (unpaired) electrons. The fraction of sp³-hybridized carbons (Fsp3) is 0.158. The highest BCUT2D eigenvalue weighted by atomic mass is 32.1. The Kier molecular flexibility index (Phi) is 4.77. The molecule has 0 bridgehead atoms. The average Bonchev–Trinajstić information content (AvgIpc) is 2.85. The predicted octanol–water partition coefficient (Wildman–Crippen LogP) is 6.61. The Morgan fingerprint density at radius 2 is 1.36 bits per heavy atom. The number of halogens is 2. The largest absolute Gasteiger partial charge is 0.206 e. The number of hydrogen-bond acceptors (Lipinski definition) is 1. The molecule has 0 N–H and O–H groups in total. The molecule has 0 saturated carbocycles. The van der Waals surface area contributed by atoms with Crippen molar-refractivity contribution in [2.24, 2.45) is 0 Å². The van der Waals surface area contributed by atoms with Crippen LogP contribution >= 0.6 is 11.3 Å². The predicted molar refractivity (Wildman–Crippen MR) is 91.3 cm³/mol. The molecule has 0 atom stereocenters. The van der Waals surface area contributed by atoms with Crippen molar-refractivity contribution in [3.8, 4) is 21.6 Å². The highest BCUT2D eigenvalue weighted by Crippen LogP contribution is 2.34. The van der Waals surface area contributed by atoms with E-state index in [2.05, 4.69) is 0 Å². The smallest absolute Gasteiger partial charge is 0.135 e. The van der Waals surface area contributed by atoms with E-state index in [-0.39, 0.29) is 13.0 Å².